The smallest absolute Gasteiger partial charge is 0.0509 e. The summed E-state index contributed by atoms with van der Waals surface area (Å²) in [7, 11) is 1.85. The second-order valence-corrected chi connectivity index (χ2v) is 6.08. The highest BCUT2D eigenvalue weighted by Gasteiger charge is 2.48. The van der Waals surface area contributed by atoms with E-state index in [4.69, 9.17) is 4.74 Å². The predicted octanol–water partition coefficient (Wildman–Crippen LogP) is 0.954. The Kier molecular flexibility index (Phi) is 2.94. The molecule has 0 unspecified atom stereocenters. The molecule has 0 aromatic carbocycles. The van der Waals surface area contributed by atoms with Crippen LogP contribution in [0.15, 0.2) is 0 Å². The summed E-state index contributed by atoms with van der Waals surface area (Å²) in [6.45, 7) is 7.29. The lowest BCUT2D eigenvalue weighted by Crippen LogP contribution is -2.35. The zero-order chi connectivity index (χ0) is 11.0. The topological polar surface area (TPSA) is 24.5 Å². The van der Waals surface area contributed by atoms with Crippen molar-refractivity contribution in [2.24, 2.45) is 17.3 Å². The minimum atomic E-state index is 0.533. The second-order valence-electron chi connectivity index (χ2n) is 6.08. The van der Waals surface area contributed by atoms with E-state index in [9.17, 15) is 0 Å². The molecule has 3 rings (SSSR count). The zero-order valence-corrected chi connectivity index (χ0v) is 10.4. The van der Waals surface area contributed by atoms with Gasteiger partial charge in [-0.25, -0.2) is 0 Å². The maximum atomic E-state index is 5.43. The van der Waals surface area contributed by atoms with Crippen molar-refractivity contribution in [3.63, 3.8) is 0 Å². The van der Waals surface area contributed by atoms with Crippen LogP contribution in [0.3, 0.4) is 0 Å². The quantitative estimate of drug-likeness (QED) is 0.769. The van der Waals surface area contributed by atoms with Crippen LogP contribution in [0.4, 0.5) is 0 Å². The van der Waals surface area contributed by atoms with E-state index < -0.39 is 0 Å². The number of nitrogens with zero attached hydrogens (tertiary/aromatic N) is 1. The van der Waals surface area contributed by atoms with Gasteiger partial charge in [-0.15, -0.1) is 0 Å². The summed E-state index contributed by atoms with van der Waals surface area (Å²) in [5.74, 6) is 1.78. The Hall–Kier alpha value is -0.120. The van der Waals surface area contributed by atoms with E-state index >= 15 is 0 Å². The molecule has 1 saturated carbocycles. The van der Waals surface area contributed by atoms with Gasteiger partial charge >= 0.3 is 0 Å². The lowest BCUT2D eigenvalue weighted by molar-refractivity contribution is 0.103. The van der Waals surface area contributed by atoms with Crippen molar-refractivity contribution in [3.8, 4) is 0 Å². The lowest BCUT2D eigenvalue weighted by atomic mass is 9.78. The van der Waals surface area contributed by atoms with Gasteiger partial charge in [-0.3, -0.25) is 0 Å². The van der Waals surface area contributed by atoms with E-state index in [0.29, 0.717) is 5.41 Å². The summed E-state index contributed by atoms with van der Waals surface area (Å²) in [6.07, 6.45) is 4.29. The van der Waals surface area contributed by atoms with Gasteiger partial charge < -0.3 is 15.0 Å². The van der Waals surface area contributed by atoms with Crippen molar-refractivity contribution in [1.82, 2.24) is 10.2 Å². The van der Waals surface area contributed by atoms with Gasteiger partial charge in [0.25, 0.3) is 0 Å². The Bertz CT molecular complexity index is 246. The van der Waals surface area contributed by atoms with Gasteiger partial charge in [-0.1, -0.05) is 0 Å². The molecule has 1 aliphatic carbocycles. The number of hydrogen-bond acceptors (Lipinski definition) is 3. The molecule has 1 spiro atoms. The van der Waals surface area contributed by atoms with Crippen molar-refractivity contribution in [2.45, 2.75) is 19.3 Å². The lowest BCUT2D eigenvalue weighted by Gasteiger charge is -2.28. The van der Waals surface area contributed by atoms with Crippen LogP contribution in [-0.4, -0.2) is 51.3 Å². The van der Waals surface area contributed by atoms with Crippen LogP contribution in [0.2, 0.25) is 0 Å². The van der Waals surface area contributed by atoms with Crippen molar-refractivity contribution in [2.75, 3.05) is 46.4 Å². The fourth-order valence-corrected chi connectivity index (χ4v) is 3.63. The maximum Gasteiger partial charge on any atom is 0.0509 e. The van der Waals surface area contributed by atoms with Gasteiger partial charge in [0.05, 0.1) is 6.61 Å². The Balaban J connectivity index is 1.65. The second kappa shape index (κ2) is 4.28. The third kappa shape index (κ3) is 2.01. The molecule has 3 nitrogen and oxygen atoms in total. The number of nitrogens with one attached hydrogen (secondary N) is 1. The fraction of sp³-hybridized carbons (Fsp3) is 1.00. The monoisotopic (exact) mass is 224 g/mol. The van der Waals surface area contributed by atoms with Gasteiger partial charge in [0.15, 0.2) is 0 Å². The van der Waals surface area contributed by atoms with Crippen LogP contribution < -0.4 is 5.32 Å². The Morgan fingerprint density at radius 1 is 1.44 bits per heavy atom. The molecule has 1 N–H and O–H groups in total. The maximum absolute atomic E-state index is 5.43. The van der Waals surface area contributed by atoms with E-state index in [2.05, 4.69) is 10.2 Å². The minimum Gasteiger partial charge on any atom is -0.384 e. The molecule has 0 bridgehead atoms. The zero-order valence-electron chi connectivity index (χ0n) is 10.4. The van der Waals surface area contributed by atoms with E-state index in [1.807, 2.05) is 7.11 Å². The fourth-order valence-electron chi connectivity index (χ4n) is 3.63. The van der Waals surface area contributed by atoms with Gasteiger partial charge in [0.1, 0.15) is 0 Å². The highest BCUT2D eigenvalue weighted by Crippen LogP contribution is 2.42. The minimum absolute atomic E-state index is 0.533. The molecule has 2 saturated heterocycles. The number of rotatable bonds is 4. The first-order valence-electron chi connectivity index (χ1n) is 6.74. The first-order chi connectivity index (χ1) is 7.82. The summed E-state index contributed by atoms with van der Waals surface area (Å²) >= 11 is 0. The first kappa shape index (κ1) is 11.0. The van der Waals surface area contributed by atoms with Crippen molar-refractivity contribution in [3.05, 3.63) is 0 Å². The summed E-state index contributed by atoms with van der Waals surface area (Å²) in [4.78, 5) is 2.70. The SMILES string of the molecule is COC[C@H]1CN(CC2CC2)C[C@@]12CCNC2. The van der Waals surface area contributed by atoms with Crippen molar-refractivity contribution < 1.29 is 4.74 Å². The van der Waals surface area contributed by atoms with Crippen LogP contribution in [0.25, 0.3) is 0 Å². The predicted molar refractivity (Wildman–Crippen MR) is 64.4 cm³/mol. The molecule has 3 fully saturated rings. The van der Waals surface area contributed by atoms with Crippen molar-refractivity contribution in [1.29, 1.82) is 0 Å². The molecule has 3 aliphatic rings. The molecule has 0 aromatic heterocycles. The molecule has 0 aromatic rings. The van der Waals surface area contributed by atoms with Gasteiger partial charge in [-0.05, 0) is 31.7 Å². The van der Waals surface area contributed by atoms with Crippen LogP contribution in [0.5, 0.6) is 0 Å². The Labute approximate surface area is 98.5 Å². The molecule has 92 valence electrons. The van der Waals surface area contributed by atoms with Gasteiger partial charge in [0.2, 0.25) is 0 Å². The average molecular weight is 224 g/mol. The summed E-state index contributed by atoms with van der Waals surface area (Å²) in [5.41, 5.74) is 0.533. The number of methoxy groups -OCH3 is 1. The van der Waals surface area contributed by atoms with Crippen LogP contribution in [0, 0.1) is 17.3 Å². The van der Waals surface area contributed by atoms with E-state index in [1.165, 1.54) is 52.0 Å². The van der Waals surface area contributed by atoms with Crippen LogP contribution in [-0.2, 0) is 4.74 Å². The van der Waals surface area contributed by atoms with Crippen LogP contribution >= 0.6 is 0 Å². The molecule has 0 amide bonds. The highest BCUT2D eigenvalue weighted by molar-refractivity contribution is 5.02. The number of likely N-dealkylation sites (tertiary alicyclic amines) is 1. The highest BCUT2D eigenvalue weighted by atomic mass is 16.5. The molecule has 16 heavy (non-hydrogen) atoms. The van der Waals surface area contributed by atoms with E-state index in [0.717, 1.165) is 18.4 Å². The molecular formula is C13H24N2O. The molecular weight excluding hydrogens is 200 g/mol. The van der Waals surface area contributed by atoms with Gasteiger partial charge in [0, 0.05) is 44.6 Å². The Morgan fingerprint density at radius 3 is 2.94 bits per heavy atom. The third-order valence-electron chi connectivity index (χ3n) is 4.74. The first-order valence-corrected chi connectivity index (χ1v) is 6.74. The Morgan fingerprint density at radius 2 is 2.31 bits per heavy atom. The molecule has 2 heterocycles. The third-order valence-corrected chi connectivity index (χ3v) is 4.74. The summed E-state index contributed by atoms with van der Waals surface area (Å²) < 4.78 is 5.43. The molecule has 2 aliphatic heterocycles. The van der Waals surface area contributed by atoms with E-state index in [-0.39, 0.29) is 0 Å². The summed E-state index contributed by atoms with van der Waals surface area (Å²) in [6, 6.07) is 0. The number of hydrogen-bond donors (Lipinski definition) is 1. The molecule has 2 atom stereocenters. The number of ether oxygens (including phenoxy) is 1. The standard InChI is InChI=1S/C13H24N2O/c1-16-8-12-7-15(6-11-2-3-11)10-13(12)4-5-14-9-13/h11-12,14H,2-10H2,1H3/t12-,13+/m1/s1. The van der Waals surface area contributed by atoms with Crippen LogP contribution in [0.1, 0.15) is 19.3 Å². The van der Waals surface area contributed by atoms with Gasteiger partial charge in [-0.2, -0.15) is 0 Å². The normalized spacial score (nSPS) is 39.9. The van der Waals surface area contributed by atoms with Crippen molar-refractivity contribution >= 4 is 0 Å². The summed E-state index contributed by atoms with van der Waals surface area (Å²) in [5, 5.41) is 3.55. The average Bonchev–Trinajstić information content (AvgIpc) is 2.85. The molecule has 0 radical (unpaired) electrons. The van der Waals surface area contributed by atoms with E-state index in [1.54, 1.807) is 0 Å². The largest absolute Gasteiger partial charge is 0.384 e. The molecule has 3 heteroatoms.